The highest BCUT2D eigenvalue weighted by molar-refractivity contribution is 7.16. The molecule has 4 heterocycles. The topological polar surface area (TPSA) is 41.5 Å². The van der Waals surface area contributed by atoms with E-state index in [2.05, 4.69) is 28.0 Å². The molecule has 0 N–H and O–H groups in total. The number of morpholine rings is 1. The summed E-state index contributed by atoms with van der Waals surface area (Å²) < 4.78 is 6.43. The number of rotatable bonds is 4. The molecule has 0 amide bonds. The van der Waals surface area contributed by atoms with Gasteiger partial charge < -0.3 is 9.64 Å². The van der Waals surface area contributed by atoms with E-state index in [1.54, 1.807) is 11.3 Å². The summed E-state index contributed by atoms with van der Waals surface area (Å²) in [6.07, 6.45) is 0.939. The maximum atomic E-state index is 6.12. The molecular weight excluding hydrogens is 404 g/mol. The van der Waals surface area contributed by atoms with Crippen LogP contribution in [0.4, 0.5) is 5.82 Å². The Balaban J connectivity index is 1.49. The molecule has 1 fully saturated rings. The van der Waals surface area contributed by atoms with Crippen molar-refractivity contribution in [1.29, 1.82) is 0 Å². The Labute approximate surface area is 179 Å². The van der Waals surface area contributed by atoms with Crippen LogP contribution in [0.15, 0.2) is 42.5 Å². The van der Waals surface area contributed by atoms with Crippen LogP contribution < -0.4 is 4.90 Å². The van der Waals surface area contributed by atoms with E-state index in [9.17, 15) is 0 Å². The van der Waals surface area contributed by atoms with E-state index >= 15 is 0 Å². The van der Waals surface area contributed by atoms with Crippen molar-refractivity contribution in [3.63, 3.8) is 0 Å². The van der Waals surface area contributed by atoms with E-state index in [1.807, 2.05) is 24.3 Å². The third kappa shape index (κ3) is 4.16. The maximum Gasteiger partial charge on any atom is 0.161 e. The summed E-state index contributed by atoms with van der Waals surface area (Å²) in [7, 11) is 0. The minimum atomic E-state index is 0.747. The molecule has 0 spiro atoms. The predicted molar refractivity (Wildman–Crippen MR) is 118 cm³/mol. The first-order chi connectivity index (χ1) is 14.3. The molecule has 5 rings (SSSR count). The minimum Gasteiger partial charge on any atom is -0.378 e. The fraction of sp³-hybridized carbons (Fsp3) is 0.364. The van der Waals surface area contributed by atoms with Crippen LogP contribution >= 0.6 is 22.9 Å². The van der Waals surface area contributed by atoms with Gasteiger partial charge in [0.15, 0.2) is 5.82 Å². The Hall–Kier alpha value is -1.99. The Morgan fingerprint density at radius 3 is 2.59 bits per heavy atom. The van der Waals surface area contributed by atoms with Crippen LogP contribution in [0, 0.1) is 0 Å². The van der Waals surface area contributed by atoms with Crippen LogP contribution in [-0.4, -0.2) is 47.7 Å². The lowest BCUT2D eigenvalue weighted by Gasteiger charge is -2.34. The monoisotopic (exact) mass is 426 g/mol. The molecule has 2 aromatic heterocycles. The van der Waals surface area contributed by atoms with Crippen molar-refractivity contribution in [3.05, 3.63) is 62.9 Å². The first-order valence-corrected chi connectivity index (χ1v) is 11.2. The van der Waals surface area contributed by atoms with Gasteiger partial charge in [-0.1, -0.05) is 41.9 Å². The van der Waals surface area contributed by atoms with Gasteiger partial charge in [0, 0.05) is 55.1 Å². The highest BCUT2D eigenvalue weighted by Crippen LogP contribution is 2.31. The molecule has 0 unspecified atom stereocenters. The average molecular weight is 427 g/mol. The zero-order valence-corrected chi connectivity index (χ0v) is 17.8. The Morgan fingerprint density at radius 1 is 1.00 bits per heavy atom. The molecule has 1 saturated heterocycles. The number of hydrogen-bond acceptors (Lipinski definition) is 6. The molecule has 0 radical (unpaired) electrons. The van der Waals surface area contributed by atoms with E-state index in [0.29, 0.717) is 0 Å². The summed E-state index contributed by atoms with van der Waals surface area (Å²) in [4.78, 5) is 16.1. The van der Waals surface area contributed by atoms with E-state index in [0.717, 1.165) is 73.9 Å². The van der Waals surface area contributed by atoms with Crippen LogP contribution in [0.5, 0.6) is 0 Å². The smallest absolute Gasteiger partial charge is 0.161 e. The van der Waals surface area contributed by atoms with E-state index in [-0.39, 0.29) is 0 Å². The van der Waals surface area contributed by atoms with Gasteiger partial charge in [-0.2, -0.15) is 0 Å². The summed E-state index contributed by atoms with van der Waals surface area (Å²) >= 11 is 7.78. The van der Waals surface area contributed by atoms with Gasteiger partial charge in [0.25, 0.3) is 0 Å². The van der Waals surface area contributed by atoms with Crippen LogP contribution in [-0.2, 0) is 24.2 Å². The van der Waals surface area contributed by atoms with Gasteiger partial charge in [-0.3, -0.25) is 4.90 Å². The van der Waals surface area contributed by atoms with Crippen molar-refractivity contribution in [2.75, 3.05) is 37.7 Å². The number of thiophene rings is 1. The van der Waals surface area contributed by atoms with Crippen molar-refractivity contribution in [3.8, 4) is 11.4 Å². The second-order valence-corrected chi connectivity index (χ2v) is 9.23. The van der Waals surface area contributed by atoms with Gasteiger partial charge in [0.1, 0.15) is 5.82 Å². The Bertz CT molecular complexity index is 988. The second kappa shape index (κ2) is 8.40. The van der Waals surface area contributed by atoms with Gasteiger partial charge >= 0.3 is 0 Å². The fourth-order valence-electron chi connectivity index (χ4n) is 4.00. The van der Waals surface area contributed by atoms with Gasteiger partial charge in [0.05, 0.1) is 23.2 Å². The standard InChI is InChI=1S/C22H23ClN4OS/c23-20-7-6-17(29-20)14-26-9-8-19-18(15-26)22(27-10-12-28-13-11-27)25-21(24-19)16-4-2-1-3-5-16/h1-7H,8-15H2. The molecule has 150 valence electrons. The Kier molecular flexibility index (Phi) is 5.50. The molecule has 3 aromatic rings. The molecule has 1 aromatic carbocycles. The number of benzene rings is 1. The molecule has 7 heteroatoms. The second-order valence-electron chi connectivity index (χ2n) is 7.43. The van der Waals surface area contributed by atoms with Crippen molar-refractivity contribution in [1.82, 2.24) is 14.9 Å². The molecule has 0 atom stereocenters. The zero-order valence-electron chi connectivity index (χ0n) is 16.2. The lowest BCUT2D eigenvalue weighted by molar-refractivity contribution is 0.122. The molecule has 29 heavy (non-hydrogen) atoms. The lowest BCUT2D eigenvalue weighted by Crippen LogP contribution is -2.39. The molecule has 2 aliphatic heterocycles. The number of halogens is 1. The molecule has 0 saturated carbocycles. The van der Waals surface area contributed by atoms with Crippen LogP contribution in [0.1, 0.15) is 16.1 Å². The van der Waals surface area contributed by atoms with Crippen LogP contribution in [0.2, 0.25) is 4.34 Å². The van der Waals surface area contributed by atoms with Crippen molar-refractivity contribution < 1.29 is 4.74 Å². The zero-order chi connectivity index (χ0) is 19.6. The lowest BCUT2D eigenvalue weighted by atomic mass is 10.0. The SMILES string of the molecule is Clc1ccc(CN2CCc3nc(-c4ccccc4)nc(N4CCOCC4)c3C2)s1. The number of aromatic nitrogens is 2. The number of ether oxygens (including phenoxy) is 1. The third-order valence-electron chi connectivity index (χ3n) is 5.47. The van der Waals surface area contributed by atoms with Gasteiger partial charge in [-0.05, 0) is 12.1 Å². The quantitative estimate of drug-likeness (QED) is 0.623. The molecule has 0 aliphatic carbocycles. The van der Waals surface area contributed by atoms with Crippen LogP contribution in [0.25, 0.3) is 11.4 Å². The van der Waals surface area contributed by atoms with Gasteiger partial charge in [0.2, 0.25) is 0 Å². The number of anilines is 1. The summed E-state index contributed by atoms with van der Waals surface area (Å²) in [6, 6.07) is 14.4. The number of fused-ring (bicyclic) bond motifs is 1. The van der Waals surface area contributed by atoms with E-state index in [4.69, 9.17) is 26.3 Å². The third-order valence-corrected chi connectivity index (χ3v) is 6.68. The van der Waals surface area contributed by atoms with Crippen molar-refractivity contribution in [2.45, 2.75) is 19.5 Å². The molecular formula is C22H23ClN4OS. The maximum absolute atomic E-state index is 6.12. The predicted octanol–water partition coefficient (Wildman–Crippen LogP) is 4.25. The highest BCUT2D eigenvalue weighted by atomic mass is 35.5. The Morgan fingerprint density at radius 2 is 1.83 bits per heavy atom. The number of hydrogen-bond donors (Lipinski definition) is 0. The summed E-state index contributed by atoms with van der Waals surface area (Å²) in [5.41, 5.74) is 3.52. The van der Waals surface area contributed by atoms with E-state index in [1.165, 1.54) is 16.1 Å². The number of nitrogens with zero attached hydrogens (tertiary/aromatic N) is 4. The van der Waals surface area contributed by atoms with E-state index < -0.39 is 0 Å². The normalized spacial score (nSPS) is 17.3. The first-order valence-electron chi connectivity index (χ1n) is 10.0. The summed E-state index contributed by atoms with van der Waals surface area (Å²) in [5.74, 6) is 1.90. The summed E-state index contributed by atoms with van der Waals surface area (Å²) in [6.45, 7) is 6.02. The minimum absolute atomic E-state index is 0.747. The van der Waals surface area contributed by atoms with Gasteiger partial charge in [-0.25, -0.2) is 9.97 Å². The fourth-order valence-corrected chi connectivity index (χ4v) is 5.13. The van der Waals surface area contributed by atoms with Gasteiger partial charge in [-0.15, -0.1) is 11.3 Å². The summed E-state index contributed by atoms with van der Waals surface area (Å²) in [5, 5.41) is 0. The van der Waals surface area contributed by atoms with Crippen molar-refractivity contribution >= 4 is 28.8 Å². The molecule has 0 bridgehead atoms. The van der Waals surface area contributed by atoms with Crippen LogP contribution in [0.3, 0.4) is 0 Å². The average Bonchev–Trinajstić information content (AvgIpc) is 3.18. The molecule has 5 nitrogen and oxygen atoms in total. The highest BCUT2D eigenvalue weighted by Gasteiger charge is 2.26. The largest absolute Gasteiger partial charge is 0.378 e. The first kappa shape index (κ1) is 19.0. The van der Waals surface area contributed by atoms with Crippen molar-refractivity contribution in [2.24, 2.45) is 0 Å². The molecule has 2 aliphatic rings.